The van der Waals surface area contributed by atoms with E-state index >= 15 is 0 Å². The third kappa shape index (κ3) is 3.63. The molecule has 1 atom stereocenters. The van der Waals surface area contributed by atoms with Crippen molar-refractivity contribution in [2.24, 2.45) is 5.92 Å². The normalized spacial score (nSPS) is 17.9. The van der Waals surface area contributed by atoms with E-state index in [1.165, 1.54) is 6.07 Å². The molecule has 22 heavy (non-hydrogen) atoms. The van der Waals surface area contributed by atoms with Gasteiger partial charge in [0.25, 0.3) is 0 Å². The summed E-state index contributed by atoms with van der Waals surface area (Å²) in [6.07, 6.45) is 1.60. The van der Waals surface area contributed by atoms with Crippen molar-refractivity contribution >= 4 is 17.8 Å². The first kappa shape index (κ1) is 16.0. The highest BCUT2D eigenvalue weighted by atomic mass is 16.4. The summed E-state index contributed by atoms with van der Waals surface area (Å²) in [7, 11) is 1.59. The highest BCUT2D eigenvalue weighted by Crippen LogP contribution is 2.18. The Morgan fingerprint density at radius 1 is 1.32 bits per heavy atom. The van der Waals surface area contributed by atoms with Crippen molar-refractivity contribution in [1.82, 2.24) is 10.2 Å². The maximum atomic E-state index is 12.4. The fourth-order valence-electron chi connectivity index (χ4n) is 2.78. The quantitative estimate of drug-likeness (QED) is 0.865. The lowest BCUT2D eigenvalue weighted by atomic mass is 9.96. The molecule has 0 aliphatic carbocycles. The number of carbonyl (C=O) groups excluding carboxylic acids is 2. The van der Waals surface area contributed by atoms with Crippen LogP contribution in [0.5, 0.6) is 0 Å². The molecule has 1 aromatic carbocycles. The highest BCUT2D eigenvalue weighted by Gasteiger charge is 2.28. The van der Waals surface area contributed by atoms with Crippen LogP contribution in [0, 0.1) is 5.92 Å². The maximum Gasteiger partial charge on any atom is 0.335 e. The summed E-state index contributed by atoms with van der Waals surface area (Å²) in [6.45, 7) is 1.01. The van der Waals surface area contributed by atoms with Crippen LogP contribution in [0.4, 0.5) is 0 Å². The minimum absolute atomic E-state index is 0.0446. The van der Waals surface area contributed by atoms with Crippen molar-refractivity contribution in [1.29, 1.82) is 0 Å². The Bertz CT molecular complexity index is 585. The number of aromatic carboxylic acids is 1. The third-order valence-electron chi connectivity index (χ3n) is 3.98. The van der Waals surface area contributed by atoms with Crippen LogP contribution in [0.25, 0.3) is 0 Å². The van der Waals surface area contributed by atoms with Crippen LogP contribution >= 0.6 is 0 Å². The van der Waals surface area contributed by atoms with Crippen molar-refractivity contribution in [2.75, 3.05) is 20.1 Å². The summed E-state index contributed by atoms with van der Waals surface area (Å²) in [5, 5.41) is 11.8. The SMILES string of the molecule is CNC(=O)C1CCCN(C(=O)Cc2ccccc2C(=O)O)C1. The van der Waals surface area contributed by atoms with Gasteiger partial charge in [-0.2, -0.15) is 0 Å². The lowest BCUT2D eigenvalue weighted by Crippen LogP contribution is -2.45. The smallest absolute Gasteiger partial charge is 0.335 e. The number of likely N-dealkylation sites (tertiary alicyclic amines) is 1. The van der Waals surface area contributed by atoms with Crippen molar-refractivity contribution in [2.45, 2.75) is 19.3 Å². The van der Waals surface area contributed by atoms with Crippen molar-refractivity contribution < 1.29 is 19.5 Å². The Hall–Kier alpha value is -2.37. The molecule has 1 fully saturated rings. The van der Waals surface area contributed by atoms with Gasteiger partial charge in [0.1, 0.15) is 0 Å². The molecule has 1 unspecified atom stereocenters. The van der Waals surface area contributed by atoms with E-state index in [1.807, 2.05) is 0 Å². The molecule has 2 N–H and O–H groups in total. The zero-order valence-electron chi connectivity index (χ0n) is 12.5. The van der Waals surface area contributed by atoms with Gasteiger partial charge in [0.15, 0.2) is 0 Å². The number of carboxylic acids is 1. The molecule has 1 heterocycles. The predicted molar refractivity (Wildman–Crippen MR) is 80.5 cm³/mol. The van der Waals surface area contributed by atoms with E-state index in [-0.39, 0.29) is 29.7 Å². The number of hydrogen-bond donors (Lipinski definition) is 2. The van der Waals surface area contributed by atoms with Gasteiger partial charge < -0.3 is 15.3 Å². The van der Waals surface area contributed by atoms with E-state index in [9.17, 15) is 14.4 Å². The molecule has 1 aliphatic heterocycles. The van der Waals surface area contributed by atoms with Crippen molar-refractivity contribution in [3.8, 4) is 0 Å². The molecule has 118 valence electrons. The second-order valence-corrected chi connectivity index (χ2v) is 5.43. The van der Waals surface area contributed by atoms with Crippen LogP contribution in [0.3, 0.4) is 0 Å². The van der Waals surface area contributed by atoms with Gasteiger partial charge in [-0.3, -0.25) is 9.59 Å². The molecule has 0 saturated carbocycles. The summed E-state index contributed by atoms with van der Waals surface area (Å²) in [5.74, 6) is -1.41. The molecule has 0 bridgehead atoms. The predicted octanol–water partition coefficient (Wildman–Crippen LogP) is 0.912. The molecule has 6 nitrogen and oxygen atoms in total. The van der Waals surface area contributed by atoms with E-state index < -0.39 is 5.97 Å². The van der Waals surface area contributed by atoms with Crippen LogP contribution < -0.4 is 5.32 Å². The minimum atomic E-state index is -1.04. The summed E-state index contributed by atoms with van der Waals surface area (Å²) in [4.78, 5) is 36.9. The van der Waals surface area contributed by atoms with Gasteiger partial charge in [-0.25, -0.2) is 4.79 Å². The number of piperidine rings is 1. The van der Waals surface area contributed by atoms with E-state index in [1.54, 1.807) is 30.1 Å². The van der Waals surface area contributed by atoms with Crippen LogP contribution in [0.15, 0.2) is 24.3 Å². The Morgan fingerprint density at radius 3 is 2.73 bits per heavy atom. The second-order valence-electron chi connectivity index (χ2n) is 5.43. The Kier molecular flexibility index (Phi) is 5.14. The first-order chi connectivity index (χ1) is 10.5. The Morgan fingerprint density at radius 2 is 2.05 bits per heavy atom. The summed E-state index contributed by atoms with van der Waals surface area (Å²) >= 11 is 0. The van der Waals surface area contributed by atoms with E-state index in [4.69, 9.17) is 5.11 Å². The Balaban J connectivity index is 2.06. The van der Waals surface area contributed by atoms with Gasteiger partial charge in [-0.15, -0.1) is 0 Å². The zero-order valence-corrected chi connectivity index (χ0v) is 12.5. The molecule has 0 spiro atoms. The number of benzene rings is 1. The van der Waals surface area contributed by atoms with Gasteiger partial charge in [-0.05, 0) is 24.5 Å². The van der Waals surface area contributed by atoms with Crippen LogP contribution in [0.2, 0.25) is 0 Å². The molecule has 6 heteroatoms. The van der Waals surface area contributed by atoms with Crippen LogP contribution in [0.1, 0.15) is 28.8 Å². The number of nitrogens with one attached hydrogen (secondary N) is 1. The lowest BCUT2D eigenvalue weighted by Gasteiger charge is -2.32. The van der Waals surface area contributed by atoms with Gasteiger partial charge in [-0.1, -0.05) is 18.2 Å². The lowest BCUT2D eigenvalue weighted by molar-refractivity contribution is -0.135. The van der Waals surface area contributed by atoms with E-state index in [0.717, 1.165) is 12.8 Å². The zero-order chi connectivity index (χ0) is 16.1. The fraction of sp³-hybridized carbons (Fsp3) is 0.438. The van der Waals surface area contributed by atoms with Gasteiger partial charge >= 0.3 is 5.97 Å². The van der Waals surface area contributed by atoms with Gasteiger partial charge in [0.05, 0.1) is 17.9 Å². The van der Waals surface area contributed by atoms with Gasteiger partial charge in [0.2, 0.25) is 11.8 Å². The molecule has 1 aliphatic rings. The molecule has 2 amide bonds. The molecular weight excluding hydrogens is 284 g/mol. The van der Waals surface area contributed by atoms with Crippen LogP contribution in [-0.4, -0.2) is 47.9 Å². The Labute approximate surface area is 129 Å². The summed E-state index contributed by atoms with van der Waals surface area (Å²) in [5.41, 5.74) is 0.651. The second kappa shape index (κ2) is 7.06. The molecule has 1 aromatic rings. The van der Waals surface area contributed by atoms with E-state index in [2.05, 4.69) is 5.32 Å². The molecular formula is C16H20N2O4. The topological polar surface area (TPSA) is 86.7 Å². The number of amides is 2. The average molecular weight is 304 g/mol. The fourth-order valence-corrected chi connectivity index (χ4v) is 2.78. The van der Waals surface area contributed by atoms with Crippen molar-refractivity contribution in [3.63, 3.8) is 0 Å². The first-order valence-electron chi connectivity index (χ1n) is 7.33. The number of carboxylic acid groups (broad SMARTS) is 1. The standard InChI is InChI=1S/C16H20N2O4/c1-17-15(20)12-6-4-8-18(10-12)14(19)9-11-5-2-3-7-13(11)16(21)22/h2-3,5,7,12H,4,6,8-10H2,1H3,(H,17,20)(H,21,22). The molecule has 0 radical (unpaired) electrons. The number of hydrogen-bond acceptors (Lipinski definition) is 3. The molecule has 2 rings (SSSR count). The third-order valence-corrected chi connectivity index (χ3v) is 3.98. The average Bonchev–Trinajstić information content (AvgIpc) is 2.54. The van der Waals surface area contributed by atoms with Crippen LogP contribution in [-0.2, 0) is 16.0 Å². The maximum absolute atomic E-state index is 12.4. The first-order valence-corrected chi connectivity index (χ1v) is 7.33. The largest absolute Gasteiger partial charge is 0.478 e. The number of nitrogens with zero attached hydrogens (tertiary/aromatic N) is 1. The number of rotatable bonds is 4. The molecule has 1 saturated heterocycles. The molecule has 0 aromatic heterocycles. The summed E-state index contributed by atoms with van der Waals surface area (Å²) < 4.78 is 0. The van der Waals surface area contributed by atoms with E-state index in [0.29, 0.717) is 18.7 Å². The number of carbonyl (C=O) groups is 3. The van der Waals surface area contributed by atoms with Gasteiger partial charge in [0, 0.05) is 20.1 Å². The monoisotopic (exact) mass is 304 g/mol. The highest BCUT2D eigenvalue weighted by molar-refractivity contribution is 5.91. The van der Waals surface area contributed by atoms with Crippen molar-refractivity contribution in [3.05, 3.63) is 35.4 Å². The minimum Gasteiger partial charge on any atom is -0.478 e. The summed E-state index contributed by atoms with van der Waals surface area (Å²) in [6, 6.07) is 6.51.